The number of aliphatic hydroxyl groups excluding tert-OH is 1. The van der Waals surface area contributed by atoms with E-state index in [1.807, 2.05) is 20.8 Å². The van der Waals surface area contributed by atoms with E-state index >= 15 is 0 Å². The maximum Gasteiger partial charge on any atom is 0.220 e. The second-order valence-electron chi connectivity index (χ2n) is 5.24. The Kier molecular flexibility index (Phi) is 3.73. The topological polar surface area (TPSA) is 75.4 Å². The number of amides is 1. The Labute approximate surface area is 91.2 Å². The second kappa shape index (κ2) is 4.49. The molecule has 1 aliphatic rings. The molecule has 0 saturated heterocycles. The Morgan fingerprint density at radius 2 is 2.27 bits per heavy atom. The summed E-state index contributed by atoms with van der Waals surface area (Å²) in [6, 6.07) is 0.102. The van der Waals surface area contributed by atoms with Gasteiger partial charge in [-0.1, -0.05) is 20.8 Å². The lowest BCUT2D eigenvalue weighted by atomic mass is 9.64. The van der Waals surface area contributed by atoms with E-state index in [-0.39, 0.29) is 29.4 Å². The van der Waals surface area contributed by atoms with Crippen molar-refractivity contribution in [2.45, 2.75) is 45.8 Å². The molecule has 0 spiro atoms. The van der Waals surface area contributed by atoms with Crippen molar-refractivity contribution in [3.63, 3.8) is 0 Å². The fourth-order valence-corrected chi connectivity index (χ4v) is 1.80. The summed E-state index contributed by atoms with van der Waals surface area (Å²) in [6.07, 6.45) is 0.837. The maximum atomic E-state index is 11.6. The molecule has 3 atom stereocenters. The van der Waals surface area contributed by atoms with Crippen LogP contribution in [0.3, 0.4) is 0 Å². The second-order valence-corrected chi connectivity index (χ2v) is 5.24. The molecule has 4 heteroatoms. The third-order valence-electron chi connectivity index (χ3n) is 3.49. The Morgan fingerprint density at radius 3 is 2.67 bits per heavy atom. The van der Waals surface area contributed by atoms with Crippen molar-refractivity contribution in [1.29, 1.82) is 0 Å². The number of hydrogen-bond donors (Lipinski definition) is 3. The van der Waals surface area contributed by atoms with Gasteiger partial charge in [0.15, 0.2) is 0 Å². The Bertz CT molecular complexity index is 241. The predicted octanol–water partition coefficient (Wildman–Crippen LogP) is 0.247. The van der Waals surface area contributed by atoms with E-state index in [9.17, 15) is 9.90 Å². The Balaban J connectivity index is 2.34. The molecule has 1 saturated carbocycles. The van der Waals surface area contributed by atoms with Crippen LogP contribution < -0.4 is 11.1 Å². The summed E-state index contributed by atoms with van der Waals surface area (Å²) in [5.41, 5.74) is 5.26. The Hall–Kier alpha value is -0.610. The van der Waals surface area contributed by atoms with Crippen molar-refractivity contribution >= 4 is 5.91 Å². The SMILES string of the molecule is CC(CN)CC(=O)NC1CC(O)C1(C)C. The largest absolute Gasteiger partial charge is 0.392 e. The third kappa shape index (κ3) is 2.69. The van der Waals surface area contributed by atoms with Crippen LogP contribution >= 0.6 is 0 Å². The number of rotatable bonds is 4. The van der Waals surface area contributed by atoms with Crippen LogP contribution in [-0.2, 0) is 4.79 Å². The quantitative estimate of drug-likeness (QED) is 0.628. The molecule has 1 aliphatic carbocycles. The molecule has 4 N–H and O–H groups in total. The van der Waals surface area contributed by atoms with Crippen LogP contribution in [0.5, 0.6) is 0 Å². The molecule has 0 aromatic heterocycles. The van der Waals surface area contributed by atoms with Gasteiger partial charge in [0.05, 0.1) is 6.10 Å². The predicted molar refractivity (Wildman–Crippen MR) is 59.2 cm³/mol. The average Bonchev–Trinajstić information content (AvgIpc) is 2.17. The highest BCUT2D eigenvalue weighted by atomic mass is 16.3. The molecule has 0 bridgehead atoms. The number of aliphatic hydroxyl groups is 1. The molecule has 0 heterocycles. The molecule has 3 unspecified atom stereocenters. The molecule has 0 radical (unpaired) electrons. The van der Waals surface area contributed by atoms with Crippen molar-refractivity contribution in [3.8, 4) is 0 Å². The van der Waals surface area contributed by atoms with Gasteiger partial charge in [0, 0.05) is 17.9 Å². The van der Waals surface area contributed by atoms with Crippen LogP contribution in [0.15, 0.2) is 0 Å². The van der Waals surface area contributed by atoms with Gasteiger partial charge in [0.1, 0.15) is 0 Å². The lowest BCUT2D eigenvalue weighted by Gasteiger charge is -2.49. The molecular formula is C11H22N2O2. The lowest BCUT2D eigenvalue weighted by Crippen LogP contribution is -2.61. The molecular weight excluding hydrogens is 192 g/mol. The van der Waals surface area contributed by atoms with E-state index in [1.165, 1.54) is 0 Å². The van der Waals surface area contributed by atoms with Gasteiger partial charge in [-0.2, -0.15) is 0 Å². The van der Waals surface area contributed by atoms with E-state index in [4.69, 9.17) is 5.73 Å². The van der Waals surface area contributed by atoms with Crippen LogP contribution in [0.25, 0.3) is 0 Å². The summed E-state index contributed by atoms with van der Waals surface area (Å²) in [7, 11) is 0. The fourth-order valence-electron chi connectivity index (χ4n) is 1.80. The number of carbonyl (C=O) groups excluding carboxylic acids is 1. The summed E-state index contributed by atoms with van der Waals surface area (Å²) >= 11 is 0. The highest BCUT2D eigenvalue weighted by molar-refractivity contribution is 5.76. The van der Waals surface area contributed by atoms with Crippen molar-refractivity contribution in [2.75, 3.05) is 6.54 Å². The standard InChI is InChI=1S/C11H22N2O2/c1-7(6-12)4-10(15)13-8-5-9(14)11(8,2)3/h7-9,14H,4-6,12H2,1-3H3,(H,13,15). The highest BCUT2D eigenvalue weighted by Gasteiger charge is 2.47. The molecule has 1 fully saturated rings. The first kappa shape index (κ1) is 12.5. The van der Waals surface area contributed by atoms with Gasteiger partial charge in [0.2, 0.25) is 5.91 Å². The first-order valence-corrected chi connectivity index (χ1v) is 5.55. The van der Waals surface area contributed by atoms with Gasteiger partial charge in [-0.25, -0.2) is 0 Å². The maximum absolute atomic E-state index is 11.6. The normalized spacial score (nSPS) is 30.5. The van der Waals surface area contributed by atoms with Gasteiger partial charge in [0.25, 0.3) is 0 Å². The monoisotopic (exact) mass is 214 g/mol. The summed E-state index contributed by atoms with van der Waals surface area (Å²) in [4.78, 5) is 11.6. The number of nitrogens with two attached hydrogens (primary N) is 1. The van der Waals surface area contributed by atoms with Crippen LogP contribution in [0.4, 0.5) is 0 Å². The van der Waals surface area contributed by atoms with Crippen molar-refractivity contribution in [1.82, 2.24) is 5.32 Å². The number of carbonyl (C=O) groups is 1. The molecule has 88 valence electrons. The van der Waals surface area contributed by atoms with Gasteiger partial charge >= 0.3 is 0 Å². The molecule has 4 nitrogen and oxygen atoms in total. The average molecular weight is 214 g/mol. The minimum Gasteiger partial charge on any atom is -0.392 e. The van der Waals surface area contributed by atoms with Crippen molar-refractivity contribution < 1.29 is 9.90 Å². The zero-order chi connectivity index (χ0) is 11.6. The summed E-state index contributed by atoms with van der Waals surface area (Å²) in [5, 5.41) is 12.5. The summed E-state index contributed by atoms with van der Waals surface area (Å²) in [5.74, 6) is 0.260. The third-order valence-corrected chi connectivity index (χ3v) is 3.49. The van der Waals surface area contributed by atoms with Crippen molar-refractivity contribution in [2.24, 2.45) is 17.1 Å². The van der Waals surface area contributed by atoms with Crippen LogP contribution in [0, 0.1) is 11.3 Å². The highest BCUT2D eigenvalue weighted by Crippen LogP contribution is 2.40. The zero-order valence-electron chi connectivity index (χ0n) is 9.79. The summed E-state index contributed by atoms with van der Waals surface area (Å²) < 4.78 is 0. The lowest BCUT2D eigenvalue weighted by molar-refractivity contribution is -0.130. The van der Waals surface area contributed by atoms with Crippen LogP contribution in [0.2, 0.25) is 0 Å². The molecule has 0 aromatic carbocycles. The van der Waals surface area contributed by atoms with Gasteiger partial charge < -0.3 is 16.2 Å². The van der Waals surface area contributed by atoms with Gasteiger partial charge in [-0.3, -0.25) is 4.79 Å². The van der Waals surface area contributed by atoms with E-state index in [2.05, 4.69) is 5.32 Å². The fraction of sp³-hybridized carbons (Fsp3) is 0.909. The minimum absolute atomic E-state index is 0.0397. The number of nitrogens with one attached hydrogen (secondary N) is 1. The smallest absolute Gasteiger partial charge is 0.220 e. The zero-order valence-corrected chi connectivity index (χ0v) is 9.79. The first-order chi connectivity index (χ1) is 6.87. The van der Waals surface area contributed by atoms with E-state index in [0.717, 1.165) is 0 Å². The molecule has 15 heavy (non-hydrogen) atoms. The van der Waals surface area contributed by atoms with E-state index in [1.54, 1.807) is 0 Å². The minimum atomic E-state index is -0.297. The first-order valence-electron chi connectivity index (χ1n) is 5.55. The van der Waals surface area contributed by atoms with E-state index in [0.29, 0.717) is 19.4 Å². The van der Waals surface area contributed by atoms with E-state index < -0.39 is 0 Å². The van der Waals surface area contributed by atoms with Gasteiger partial charge in [-0.05, 0) is 18.9 Å². The number of hydrogen-bond acceptors (Lipinski definition) is 3. The van der Waals surface area contributed by atoms with Crippen LogP contribution in [-0.4, -0.2) is 29.7 Å². The molecule has 0 aliphatic heterocycles. The summed E-state index contributed by atoms with van der Waals surface area (Å²) in [6.45, 7) is 6.43. The van der Waals surface area contributed by atoms with Crippen LogP contribution in [0.1, 0.15) is 33.6 Å². The molecule has 1 rings (SSSR count). The van der Waals surface area contributed by atoms with Gasteiger partial charge in [-0.15, -0.1) is 0 Å². The molecule has 1 amide bonds. The van der Waals surface area contributed by atoms with Crippen molar-refractivity contribution in [3.05, 3.63) is 0 Å². The molecule has 0 aromatic rings. The Morgan fingerprint density at radius 1 is 1.67 bits per heavy atom.